The van der Waals surface area contributed by atoms with E-state index in [1.165, 1.54) is 19.1 Å². The first-order valence-electron chi connectivity index (χ1n) is 8.20. The molecule has 27 heavy (non-hydrogen) atoms. The summed E-state index contributed by atoms with van der Waals surface area (Å²) >= 11 is 5.85. The van der Waals surface area contributed by atoms with Crippen molar-refractivity contribution in [3.05, 3.63) is 81.2 Å². The third-order valence-corrected chi connectivity index (χ3v) is 4.09. The molecule has 0 spiro atoms. The fourth-order valence-electron chi connectivity index (χ4n) is 2.43. The van der Waals surface area contributed by atoms with Crippen LogP contribution in [0.25, 0.3) is 11.0 Å². The molecule has 138 valence electrons. The molecule has 6 nitrogen and oxygen atoms in total. The molecule has 1 aromatic heterocycles. The molecule has 1 N–H and O–H groups in total. The SMILES string of the molecule is C[C@@H](OC(=O)c1cc(=O)c2cc(Cl)ccc2o1)C(=O)NCc1ccccc1. The maximum Gasteiger partial charge on any atom is 0.375 e. The molecule has 0 saturated heterocycles. The predicted molar refractivity (Wildman–Crippen MR) is 101 cm³/mol. The monoisotopic (exact) mass is 385 g/mol. The molecule has 0 fully saturated rings. The quantitative estimate of drug-likeness (QED) is 0.681. The molecule has 0 aliphatic rings. The lowest BCUT2D eigenvalue weighted by Gasteiger charge is -2.13. The number of carbonyl (C=O) groups excluding carboxylic acids is 2. The zero-order chi connectivity index (χ0) is 19.4. The molecule has 0 saturated carbocycles. The first-order valence-corrected chi connectivity index (χ1v) is 8.58. The Bertz CT molecular complexity index is 1050. The van der Waals surface area contributed by atoms with Gasteiger partial charge in [-0.25, -0.2) is 4.79 Å². The van der Waals surface area contributed by atoms with Crippen LogP contribution in [0.1, 0.15) is 23.0 Å². The summed E-state index contributed by atoms with van der Waals surface area (Å²) in [7, 11) is 0. The number of fused-ring (bicyclic) bond motifs is 1. The van der Waals surface area contributed by atoms with Crippen molar-refractivity contribution in [2.45, 2.75) is 19.6 Å². The Morgan fingerprint density at radius 2 is 1.89 bits per heavy atom. The Morgan fingerprint density at radius 1 is 1.15 bits per heavy atom. The van der Waals surface area contributed by atoms with Crippen molar-refractivity contribution in [1.82, 2.24) is 5.32 Å². The molecule has 1 atom stereocenters. The van der Waals surface area contributed by atoms with Crippen LogP contribution in [0.4, 0.5) is 0 Å². The van der Waals surface area contributed by atoms with Crippen LogP contribution in [0.3, 0.4) is 0 Å². The lowest BCUT2D eigenvalue weighted by Crippen LogP contribution is -2.35. The van der Waals surface area contributed by atoms with Gasteiger partial charge in [0.2, 0.25) is 5.76 Å². The molecule has 1 amide bonds. The standard InChI is InChI=1S/C20H16ClNO5/c1-12(19(24)22-11-13-5-3-2-4-6-13)26-20(25)18-10-16(23)15-9-14(21)7-8-17(15)27-18/h2-10,12H,11H2,1H3,(H,22,24)/t12-/m1/s1. The summed E-state index contributed by atoms with van der Waals surface area (Å²) in [4.78, 5) is 36.5. The van der Waals surface area contributed by atoms with E-state index in [0.29, 0.717) is 11.6 Å². The molecule has 0 aliphatic carbocycles. The molecule has 3 rings (SSSR count). The van der Waals surface area contributed by atoms with Gasteiger partial charge in [0.15, 0.2) is 11.5 Å². The summed E-state index contributed by atoms with van der Waals surface area (Å²) in [5.74, 6) is -1.63. The van der Waals surface area contributed by atoms with Gasteiger partial charge in [-0.05, 0) is 30.7 Å². The van der Waals surface area contributed by atoms with E-state index in [1.807, 2.05) is 30.3 Å². The number of carbonyl (C=O) groups is 2. The average Bonchev–Trinajstić information content (AvgIpc) is 2.67. The fraction of sp³-hybridized carbons (Fsp3) is 0.150. The minimum Gasteiger partial charge on any atom is -0.449 e. The highest BCUT2D eigenvalue weighted by molar-refractivity contribution is 6.31. The van der Waals surface area contributed by atoms with Crippen LogP contribution in [-0.2, 0) is 16.1 Å². The summed E-state index contributed by atoms with van der Waals surface area (Å²) in [6.45, 7) is 1.75. The van der Waals surface area contributed by atoms with Crippen LogP contribution in [0.15, 0.2) is 63.8 Å². The molecule has 0 unspecified atom stereocenters. The Kier molecular flexibility index (Phi) is 5.57. The summed E-state index contributed by atoms with van der Waals surface area (Å²) in [5.41, 5.74) is 0.704. The molecule has 2 aromatic carbocycles. The Morgan fingerprint density at radius 3 is 2.63 bits per heavy atom. The van der Waals surface area contributed by atoms with Gasteiger partial charge in [-0.15, -0.1) is 0 Å². The number of halogens is 1. The second kappa shape index (κ2) is 8.05. The molecule has 1 heterocycles. The lowest BCUT2D eigenvalue weighted by molar-refractivity contribution is -0.129. The highest BCUT2D eigenvalue weighted by Gasteiger charge is 2.21. The van der Waals surface area contributed by atoms with Crippen molar-refractivity contribution in [3.63, 3.8) is 0 Å². The van der Waals surface area contributed by atoms with E-state index in [1.54, 1.807) is 6.07 Å². The van der Waals surface area contributed by atoms with Crippen LogP contribution >= 0.6 is 11.6 Å². The fourth-order valence-corrected chi connectivity index (χ4v) is 2.60. The zero-order valence-corrected chi connectivity index (χ0v) is 15.2. The van der Waals surface area contributed by atoms with Gasteiger partial charge in [0.05, 0.1) is 5.39 Å². The number of esters is 1. The van der Waals surface area contributed by atoms with E-state index in [0.717, 1.165) is 11.6 Å². The average molecular weight is 386 g/mol. The predicted octanol–water partition coefficient (Wildman–Crippen LogP) is 3.31. The van der Waals surface area contributed by atoms with E-state index >= 15 is 0 Å². The van der Waals surface area contributed by atoms with E-state index < -0.39 is 23.4 Å². The third-order valence-electron chi connectivity index (χ3n) is 3.85. The minimum absolute atomic E-state index is 0.208. The Hall–Kier alpha value is -3.12. The van der Waals surface area contributed by atoms with Crippen molar-refractivity contribution in [3.8, 4) is 0 Å². The van der Waals surface area contributed by atoms with Gasteiger partial charge in [-0.1, -0.05) is 41.9 Å². The summed E-state index contributed by atoms with van der Waals surface area (Å²) in [5, 5.41) is 3.32. The molecule has 0 bridgehead atoms. The van der Waals surface area contributed by atoms with Gasteiger partial charge >= 0.3 is 5.97 Å². The highest BCUT2D eigenvalue weighted by atomic mass is 35.5. The van der Waals surface area contributed by atoms with Gasteiger partial charge in [-0.2, -0.15) is 0 Å². The molecular weight excluding hydrogens is 370 g/mol. The largest absolute Gasteiger partial charge is 0.449 e. The number of hydrogen-bond donors (Lipinski definition) is 1. The zero-order valence-electron chi connectivity index (χ0n) is 14.4. The molecule has 0 aliphatic heterocycles. The number of ether oxygens (including phenoxy) is 1. The van der Waals surface area contributed by atoms with Crippen molar-refractivity contribution < 1.29 is 18.7 Å². The summed E-state index contributed by atoms with van der Waals surface area (Å²) < 4.78 is 10.5. The third kappa shape index (κ3) is 4.54. The molecule has 7 heteroatoms. The van der Waals surface area contributed by atoms with Crippen LogP contribution in [-0.4, -0.2) is 18.0 Å². The highest BCUT2D eigenvalue weighted by Crippen LogP contribution is 2.18. The first-order chi connectivity index (χ1) is 12.9. The van der Waals surface area contributed by atoms with Crippen LogP contribution in [0, 0.1) is 0 Å². The maximum atomic E-state index is 12.2. The molecular formula is C20H16ClNO5. The van der Waals surface area contributed by atoms with Gasteiger partial charge in [0.25, 0.3) is 5.91 Å². The van der Waals surface area contributed by atoms with E-state index in [9.17, 15) is 14.4 Å². The normalized spacial score (nSPS) is 11.8. The van der Waals surface area contributed by atoms with Crippen LogP contribution in [0.5, 0.6) is 0 Å². The van der Waals surface area contributed by atoms with Crippen molar-refractivity contribution in [2.75, 3.05) is 0 Å². The maximum absolute atomic E-state index is 12.2. The Labute approximate surface area is 159 Å². The van der Waals surface area contributed by atoms with Gasteiger partial charge in [0.1, 0.15) is 5.58 Å². The van der Waals surface area contributed by atoms with E-state index in [2.05, 4.69) is 5.32 Å². The van der Waals surface area contributed by atoms with Crippen molar-refractivity contribution in [2.24, 2.45) is 0 Å². The minimum atomic E-state index is -1.05. The van der Waals surface area contributed by atoms with Crippen LogP contribution < -0.4 is 10.7 Å². The second-order valence-corrected chi connectivity index (χ2v) is 6.30. The molecule has 0 radical (unpaired) electrons. The van der Waals surface area contributed by atoms with Gasteiger partial charge < -0.3 is 14.5 Å². The lowest BCUT2D eigenvalue weighted by atomic mass is 10.2. The summed E-state index contributed by atoms with van der Waals surface area (Å²) in [6, 6.07) is 14.8. The van der Waals surface area contributed by atoms with Gasteiger partial charge in [-0.3, -0.25) is 9.59 Å². The van der Waals surface area contributed by atoms with Crippen molar-refractivity contribution in [1.29, 1.82) is 0 Å². The number of nitrogens with one attached hydrogen (secondary N) is 1. The first kappa shape index (κ1) is 18.7. The summed E-state index contributed by atoms with van der Waals surface area (Å²) in [6.07, 6.45) is -1.05. The molecule has 3 aromatic rings. The van der Waals surface area contributed by atoms with E-state index in [4.69, 9.17) is 20.8 Å². The smallest absolute Gasteiger partial charge is 0.375 e. The number of rotatable bonds is 5. The van der Waals surface area contributed by atoms with E-state index in [-0.39, 0.29) is 16.7 Å². The van der Waals surface area contributed by atoms with Crippen LogP contribution in [0.2, 0.25) is 5.02 Å². The van der Waals surface area contributed by atoms with Crippen molar-refractivity contribution >= 4 is 34.4 Å². The second-order valence-electron chi connectivity index (χ2n) is 5.87. The number of benzene rings is 2. The Balaban J connectivity index is 1.67. The topological polar surface area (TPSA) is 85.6 Å². The van der Waals surface area contributed by atoms with Gasteiger partial charge in [0, 0.05) is 17.6 Å². The number of hydrogen-bond acceptors (Lipinski definition) is 5. The number of amides is 1.